The molecular formula is C12H15BrClN. The highest BCUT2D eigenvalue weighted by Gasteiger charge is 2.22. The van der Waals surface area contributed by atoms with Crippen molar-refractivity contribution in [3.8, 4) is 0 Å². The molecule has 1 heterocycles. The number of anilines is 1. The molecule has 0 saturated carbocycles. The topological polar surface area (TPSA) is 3.24 Å². The Morgan fingerprint density at radius 2 is 2.33 bits per heavy atom. The van der Waals surface area contributed by atoms with Crippen LogP contribution in [0.3, 0.4) is 0 Å². The number of nitrogens with zero attached hydrogens (tertiary/aromatic N) is 1. The van der Waals surface area contributed by atoms with E-state index in [1.807, 2.05) is 6.07 Å². The fourth-order valence-electron chi connectivity index (χ4n) is 2.21. The normalized spacial score (nSPS) is 21.0. The largest absolute Gasteiger partial charge is 0.369 e. The van der Waals surface area contributed by atoms with E-state index < -0.39 is 0 Å². The average Bonchev–Trinajstić information content (AvgIpc) is 2.64. The molecule has 82 valence electrons. The fraction of sp³-hybridized carbons (Fsp3) is 0.500. The Balaban J connectivity index is 2.36. The smallest absolute Gasteiger partial charge is 0.0426 e. The van der Waals surface area contributed by atoms with Crippen molar-refractivity contribution in [2.45, 2.75) is 31.1 Å². The third kappa shape index (κ3) is 2.31. The van der Waals surface area contributed by atoms with Crippen LogP contribution in [0.2, 0.25) is 5.02 Å². The van der Waals surface area contributed by atoms with Crippen LogP contribution in [0.25, 0.3) is 0 Å². The van der Waals surface area contributed by atoms with Crippen LogP contribution in [0.1, 0.15) is 25.3 Å². The van der Waals surface area contributed by atoms with Gasteiger partial charge in [0.25, 0.3) is 0 Å². The number of benzene rings is 1. The van der Waals surface area contributed by atoms with Crippen molar-refractivity contribution in [1.29, 1.82) is 0 Å². The van der Waals surface area contributed by atoms with Gasteiger partial charge in [0.2, 0.25) is 0 Å². The van der Waals surface area contributed by atoms with Gasteiger partial charge in [-0.25, -0.2) is 0 Å². The maximum atomic E-state index is 6.06. The summed E-state index contributed by atoms with van der Waals surface area (Å²) in [7, 11) is 0. The van der Waals surface area contributed by atoms with Crippen molar-refractivity contribution in [2.75, 3.05) is 11.4 Å². The van der Waals surface area contributed by atoms with E-state index in [9.17, 15) is 0 Å². The van der Waals surface area contributed by atoms with Crippen molar-refractivity contribution < 1.29 is 0 Å². The number of hydrogen-bond donors (Lipinski definition) is 0. The molecule has 0 aliphatic carbocycles. The maximum Gasteiger partial charge on any atom is 0.0426 e. The molecule has 1 nitrogen and oxygen atoms in total. The molecular weight excluding hydrogens is 273 g/mol. The summed E-state index contributed by atoms with van der Waals surface area (Å²) in [5.74, 6) is 0. The minimum absolute atomic E-state index is 0.640. The molecule has 0 radical (unpaired) electrons. The van der Waals surface area contributed by atoms with Crippen molar-refractivity contribution in [3.05, 3.63) is 28.8 Å². The van der Waals surface area contributed by atoms with E-state index in [0.717, 1.165) is 16.9 Å². The van der Waals surface area contributed by atoms with Gasteiger partial charge in [0.1, 0.15) is 0 Å². The molecule has 1 atom stereocenters. The number of hydrogen-bond acceptors (Lipinski definition) is 1. The summed E-state index contributed by atoms with van der Waals surface area (Å²) in [6.07, 6.45) is 2.57. The van der Waals surface area contributed by atoms with Gasteiger partial charge in [-0.2, -0.15) is 0 Å². The lowest BCUT2D eigenvalue weighted by atomic mass is 10.1. The number of halogens is 2. The lowest BCUT2D eigenvalue weighted by Gasteiger charge is -2.26. The van der Waals surface area contributed by atoms with Gasteiger partial charge >= 0.3 is 0 Å². The molecule has 0 bridgehead atoms. The van der Waals surface area contributed by atoms with Crippen LogP contribution in [0.5, 0.6) is 0 Å². The Kier molecular flexibility index (Phi) is 3.57. The monoisotopic (exact) mass is 287 g/mol. The van der Waals surface area contributed by atoms with Gasteiger partial charge in [-0.3, -0.25) is 0 Å². The fourth-order valence-corrected chi connectivity index (χ4v) is 2.85. The van der Waals surface area contributed by atoms with Gasteiger partial charge in [0.15, 0.2) is 0 Å². The molecule has 0 spiro atoms. The molecule has 3 heteroatoms. The Morgan fingerprint density at radius 3 is 2.93 bits per heavy atom. The quantitative estimate of drug-likeness (QED) is 0.736. The van der Waals surface area contributed by atoms with Crippen LogP contribution in [0, 0.1) is 0 Å². The minimum atomic E-state index is 0.640. The molecule has 1 saturated heterocycles. The van der Waals surface area contributed by atoms with Crippen LogP contribution in [-0.4, -0.2) is 12.6 Å². The van der Waals surface area contributed by atoms with Crippen LogP contribution in [-0.2, 0) is 5.33 Å². The first-order chi connectivity index (χ1) is 7.22. The Labute approximate surface area is 105 Å². The minimum Gasteiger partial charge on any atom is -0.369 e. The van der Waals surface area contributed by atoms with Gasteiger partial charge in [0.05, 0.1) is 0 Å². The Hall–Kier alpha value is -0.210. The standard InChI is InChI=1S/C12H15BrClN/c1-9-3-2-6-15(9)12-7-11(14)5-4-10(12)8-13/h4-5,7,9H,2-3,6,8H2,1H3. The first-order valence-electron chi connectivity index (χ1n) is 5.33. The van der Waals surface area contributed by atoms with Crippen molar-refractivity contribution in [1.82, 2.24) is 0 Å². The molecule has 2 rings (SSSR count). The summed E-state index contributed by atoms with van der Waals surface area (Å²) < 4.78 is 0. The predicted octanol–water partition coefficient (Wildman–Crippen LogP) is 4.22. The van der Waals surface area contributed by atoms with Gasteiger partial charge in [-0.05, 0) is 37.5 Å². The van der Waals surface area contributed by atoms with Gasteiger partial charge in [-0.1, -0.05) is 33.6 Å². The van der Waals surface area contributed by atoms with E-state index in [4.69, 9.17) is 11.6 Å². The van der Waals surface area contributed by atoms with Gasteiger partial charge < -0.3 is 4.90 Å². The zero-order chi connectivity index (χ0) is 10.8. The summed E-state index contributed by atoms with van der Waals surface area (Å²) in [5, 5.41) is 1.72. The summed E-state index contributed by atoms with van der Waals surface area (Å²) >= 11 is 9.59. The van der Waals surface area contributed by atoms with Gasteiger partial charge in [0, 0.05) is 28.6 Å². The molecule has 1 aromatic rings. The molecule has 0 aromatic heterocycles. The van der Waals surface area contributed by atoms with E-state index in [-0.39, 0.29) is 0 Å². The molecule has 1 aromatic carbocycles. The molecule has 1 unspecified atom stereocenters. The first-order valence-corrected chi connectivity index (χ1v) is 6.83. The van der Waals surface area contributed by atoms with Crippen molar-refractivity contribution in [3.63, 3.8) is 0 Å². The van der Waals surface area contributed by atoms with Crippen molar-refractivity contribution >= 4 is 33.2 Å². The Morgan fingerprint density at radius 1 is 1.53 bits per heavy atom. The third-order valence-corrected chi connectivity index (χ3v) is 3.89. The summed E-state index contributed by atoms with van der Waals surface area (Å²) in [6.45, 7) is 3.44. The summed E-state index contributed by atoms with van der Waals surface area (Å²) in [6, 6.07) is 6.79. The second kappa shape index (κ2) is 4.75. The third-order valence-electron chi connectivity index (χ3n) is 3.05. The van der Waals surface area contributed by atoms with E-state index in [0.29, 0.717) is 6.04 Å². The Bertz CT molecular complexity index is 353. The lowest BCUT2D eigenvalue weighted by molar-refractivity contribution is 0.733. The molecule has 0 amide bonds. The van der Waals surface area contributed by atoms with Crippen molar-refractivity contribution in [2.24, 2.45) is 0 Å². The zero-order valence-electron chi connectivity index (χ0n) is 8.84. The molecule has 1 fully saturated rings. The predicted molar refractivity (Wildman–Crippen MR) is 70.1 cm³/mol. The van der Waals surface area contributed by atoms with Crippen LogP contribution in [0.15, 0.2) is 18.2 Å². The number of rotatable bonds is 2. The number of alkyl halides is 1. The summed E-state index contributed by atoms with van der Waals surface area (Å²) in [4.78, 5) is 2.46. The van der Waals surface area contributed by atoms with E-state index in [1.54, 1.807) is 0 Å². The molecule has 1 aliphatic heterocycles. The second-order valence-electron chi connectivity index (χ2n) is 4.09. The highest BCUT2D eigenvalue weighted by molar-refractivity contribution is 9.08. The van der Waals surface area contributed by atoms with Crippen LogP contribution < -0.4 is 4.90 Å². The van der Waals surface area contributed by atoms with E-state index >= 15 is 0 Å². The van der Waals surface area contributed by atoms with E-state index in [2.05, 4.69) is 39.9 Å². The summed E-state index contributed by atoms with van der Waals surface area (Å²) in [5.41, 5.74) is 2.62. The zero-order valence-corrected chi connectivity index (χ0v) is 11.2. The average molecular weight is 289 g/mol. The SMILES string of the molecule is CC1CCCN1c1cc(Cl)ccc1CBr. The van der Waals surface area contributed by atoms with Gasteiger partial charge in [-0.15, -0.1) is 0 Å². The van der Waals surface area contributed by atoms with E-state index in [1.165, 1.54) is 24.1 Å². The first kappa shape index (κ1) is 11.3. The lowest BCUT2D eigenvalue weighted by Crippen LogP contribution is -2.27. The molecule has 15 heavy (non-hydrogen) atoms. The highest BCUT2D eigenvalue weighted by atomic mass is 79.9. The second-order valence-corrected chi connectivity index (χ2v) is 5.09. The highest BCUT2D eigenvalue weighted by Crippen LogP contribution is 2.31. The molecule has 0 N–H and O–H groups in total. The van der Waals surface area contributed by atoms with Crippen LogP contribution >= 0.6 is 27.5 Å². The molecule has 1 aliphatic rings. The van der Waals surface area contributed by atoms with Crippen LogP contribution in [0.4, 0.5) is 5.69 Å². The maximum absolute atomic E-state index is 6.06.